The summed E-state index contributed by atoms with van der Waals surface area (Å²) in [6.07, 6.45) is 0.823. The maximum atomic E-state index is 12.9. The summed E-state index contributed by atoms with van der Waals surface area (Å²) in [5, 5.41) is 2.98. The van der Waals surface area contributed by atoms with Crippen LogP contribution < -0.4 is 9.50 Å². The van der Waals surface area contributed by atoms with Crippen LogP contribution in [0.4, 0.5) is 10.5 Å². The molecule has 0 bridgehead atoms. The van der Waals surface area contributed by atoms with Crippen LogP contribution in [0.25, 0.3) is 0 Å². The van der Waals surface area contributed by atoms with Crippen LogP contribution >= 0.6 is 0 Å². The number of hydrogen-bond donors (Lipinski definition) is 1. The SMILES string of the molecule is CCc1ccccc1NC(=O)N(Cc1cccc(OS(=O)(=O)CC)c1)C(C)C. The average molecular weight is 405 g/mol. The maximum absolute atomic E-state index is 12.9. The van der Waals surface area contributed by atoms with Crippen molar-refractivity contribution < 1.29 is 17.4 Å². The highest BCUT2D eigenvalue weighted by molar-refractivity contribution is 7.87. The molecule has 0 saturated heterocycles. The first-order chi connectivity index (χ1) is 13.3. The Balaban J connectivity index is 2.17. The van der Waals surface area contributed by atoms with E-state index in [1.165, 1.54) is 6.92 Å². The molecule has 28 heavy (non-hydrogen) atoms. The molecule has 2 amide bonds. The van der Waals surface area contributed by atoms with E-state index in [2.05, 4.69) is 5.32 Å². The van der Waals surface area contributed by atoms with Gasteiger partial charge in [-0.15, -0.1) is 0 Å². The summed E-state index contributed by atoms with van der Waals surface area (Å²) in [5.74, 6) is 0.147. The molecule has 0 atom stereocenters. The molecular formula is C21H28N2O4S. The Kier molecular flexibility index (Phi) is 7.45. The third kappa shape index (κ3) is 5.99. The lowest BCUT2D eigenvalue weighted by Gasteiger charge is -2.27. The normalized spacial score (nSPS) is 11.3. The van der Waals surface area contributed by atoms with Crippen molar-refractivity contribution in [2.45, 2.75) is 46.7 Å². The molecule has 0 radical (unpaired) electrons. The van der Waals surface area contributed by atoms with Crippen LogP contribution in [0.3, 0.4) is 0 Å². The molecule has 2 rings (SSSR count). The summed E-state index contributed by atoms with van der Waals surface area (Å²) in [6, 6.07) is 14.3. The second-order valence-electron chi connectivity index (χ2n) is 6.74. The topological polar surface area (TPSA) is 75.7 Å². The van der Waals surface area contributed by atoms with Gasteiger partial charge in [0.2, 0.25) is 0 Å². The Bertz CT molecular complexity index is 910. The first-order valence-corrected chi connectivity index (χ1v) is 11.0. The number of nitrogens with zero attached hydrogens (tertiary/aromatic N) is 1. The Morgan fingerprint density at radius 3 is 2.46 bits per heavy atom. The molecule has 7 heteroatoms. The van der Waals surface area contributed by atoms with Gasteiger partial charge in [-0.05, 0) is 56.5 Å². The van der Waals surface area contributed by atoms with Crippen molar-refractivity contribution in [3.8, 4) is 5.75 Å². The smallest absolute Gasteiger partial charge is 0.322 e. The van der Waals surface area contributed by atoms with Gasteiger partial charge in [0.1, 0.15) is 5.75 Å². The van der Waals surface area contributed by atoms with Gasteiger partial charge in [-0.2, -0.15) is 8.42 Å². The van der Waals surface area contributed by atoms with E-state index < -0.39 is 10.1 Å². The van der Waals surface area contributed by atoms with Crippen molar-refractivity contribution in [2.75, 3.05) is 11.1 Å². The molecule has 152 valence electrons. The quantitative estimate of drug-likeness (QED) is 0.661. The van der Waals surface area contributed by atoms with Gasteiger partial charge in [0.05, 0.1) is 5.75 Å². The summed E-state index contributed by atoms with van der Waals surface area (Å²) < 4.78 is 28.4. The molecule has 0 aliphatic rings. The largest absolute Gasteiger partial charge is 0.382 e. The highest BCUT2D eigenvalue weighted by atomic mass is 32.2. The molecule has 0 aromatic heterocycles. The molecule has 0 fully saturated rings. The molecule has 0 aliphatic carbocycles. The Morgan fingerprint density at radius 2 is 1.82 bits per heavy atom. The van der Waals surface area contributed by atoms with Gasteiger partial charge in [0, 0.05) is 18.3 Å². The highest BCUT2D eigenvalue weighted by Crippen LogP contribution is 2.20. The van der Waals surface area contributed by atoms with E-state index in [9.17, 15) is 13.2 Å². The van der Waals surface area contributed by atoms with Crippen molar-refractivity contribution in [3.63, 3.8) is 0 Å². The number of urea groups is 1. The molecule has 6 nitrogen and oxygen atoms in total. The van der Waals surface area contributed by atoms with Crippen molar-refractivity contribution >= 4 is 21.8 Å². The Labute approximate surface area is 167 Å². The van der Waals surface area contributed by atoms with Crippen molar-refractivity contribution in [1.29, 1.82) is 0 Å². The van der Waals surface area contributed by atoms with Gasteiger partial charge in [0.15, 0.2) is 0 Å². The lowest BCUT2D eigenvalue weighted by Crippen LogP contribution is -2.39. The number of para-hydroxylation sites is 1. The van der Waals surface area contributed by atoms with E-state index in [4.69, 9.17) is 4.18 Å². The lowest BCUT2D eigenvalue weighted by atomic mass is 10.1. The molecule has 0 aliphatic heterocycles. The van der Waals surface area contributed by atoms with Gasteiger partial charge < -0.3 is 14.4 Å². The van der Waals surface area contributed by atoms with Crippen LogP contribution in [0.15, 0.2) is 48.5 Å². The van der Waals surface area contributed by atoms with Gasteiger partial charge in [-0.25, -0.2) is 4.79 Å². The minimum absolute atomic E-state index is 0.0438. The third-order valence-electron chi connectivity index (χ3n) is 4.35. The zero-order valence-corrected chi connectivity index (χ0v) is 17.6. The van der Waals surface area contributed by atoms with E-state index in [0.29, 0.717) is 6.54 Å². The molecule has 0 heterocycles. The monoisotopic (exact) mass is 404 g/mol. The molecule has 2 aromatic rings. The van der Waals surface area contributed by atoms with Crippen molar-refractivity contribution in [3.05, 3.63) is 59.7 Å². The van der Waals surface area contributed by atoms with E-state index in [0.717, 1.165) is 23.2 Å². The summed E-state index contributed by atoms with van der Waals surface area (Å²) in [6.45, 7) is 7.78. The molecule has 2 aromatic carbocycles. The number of amides is 2. The number of benzene rings is 2. The maximum Gasteiger partial charge on any atom is 0.322 e. The van der Waals surface area contributed by atoms with Crippen LogP contribution in [-0.2, 0) is 23.1 Å². The number of rotatable bonds is 8. The van der Waals surface area contributed by atoms with Crippen LogP contribution in [0, 0.1) is 0 Å². The summed E-state index contributed by atoms with van der Waals surface area (Å²) in [4.78, 5) is 14.6. The average Bonchev–Trinajstić information content (AvgIpc) is 2.66. The van der Waals surface area contributed by atoms with Crippen LogP contribution in [0.1, 0.15) is 38.8 Å². The van der Waals surface area contributed by atoms with Crippen molar-refractivity contribution in [1.82, 2.24) is 4.90 Å². The highest BCUT2D eigenvalue weighted by Gasteiger charge is 2.19. The minimum Gasteiger partial charge on any atom is -0.382 e. The number of hydrogen-bond acceptors (Lipinski definition) is 4. The fourth-order valence-electron chi connectivity index (χ4n) is 2.72. The standard InChI is InChI=1S/C21H28N2O4S/c1-5-18-11-7-8-13-20(18)22-21(24)23(16(3)4)15-17-10-9-12-19(14-17)27-28(25,26)6-2/h7-14,16H,5-6,15H2,1-4H3,(H,22,24). The van der Waals surface area contributed by atoms with Gasteiger partial charge in [0.25, 0.3) is 0 Å². The second-order valence-corrected chi connectivity index (χ2v) is 8.60. The number of nitrogens with one attached hydrogen (secondary N) is 1. The fourth-order valence-corrected chi connectivity index (χ4v) is 3.24. The summed E-state index contributed by atoms with van der Waals surface area (Å²) >= 11 is 0. The zero-order valence-electron chi connectivity index (χ0n) is 16.8. The number of anilines is 1. The minimum atomic E-state index is -3.59. The fraction of sp³-hybridized carbons (Fsp3) is 0.381. The molecule has 0 unspecified atom stereocenters. The Morgan fingerprint density at radius 1 is 1.11 bits per heavy atom. The van der Waals surface area contributed by atoms with E-state index in [1.54, 1.807) is 23.1 Å². The summed E-state index contributed by atoms with van der Waals surface area (Å²) in [7, 11) is -3.59. The van der Waals surface area contributed by atoms with Gasteiger partial charge >= 0.3 is 16.1 Å². The van der Waals surface area contributed by atoms with Crippen molar-refractivity contribution in [2.24, 2.45) is 0 Å². The predicted molar refractivity (Wildman–Crippen MR) is 112 cm³/mol. The molecular weight excluding hydrogens is 376 g/mol. The number of aryl methyl sites for hydroxylation is 1. The van der Waals surface area contributed by atoms with E-state index in [1.807, 2.05) is 51.1 Å². The number of carbonyl (C=O) groups is 1. The first-order valence-electron chi connectivity index (χ1n) is 9.42. The first kappa shape index (κ1) is 21.8. The Hall–Kier alpha value is -2.54. The second kappa shape index (κ2) is 9.59. The molecule has 0 saturated carbocycles. The number of carbonyl (C=O) groups excluding carboxylic acids is 1. The van der Waals surface area contributed by atoms with Crippen LogP contribution in [0.5, 0.6) is 5.75 Å². The zero-order chi connectivity index (χ0) is 20.7. The van der Waals surface area contributed by atoms with Crippen LogP contribution in [0.2, 0.25) is 0 Å². The molecule has 1 N–H and O–H groups in total. The van der Waals surface area contributed by atoms with E-state index in [-0.39, 0.29) is 23.6 Å². The lowest BCUT2D eigenvalue weighted by molar-refractivity contribution is 0.193. The third-order valence-corrected chi connectivity index (χ3v) is 5.51. The predicted octanol–water partition coefficient (Wildman–Crippen LogP) is 4.42. The summed E-state index contributed by atoms with van der Waals surface area (Å²) in [5.41, 5.74) is 2.66. The van der Waals surface area contributed by atoms with Crippen LogP contribution in [-0.4, -0.2) is 31.1 Å². The van der Waals surface area contributed by atoms with Gasteiger partial charge in [-0.1, -0.05) is 37.3 Å². The van der Waals surface area contributed by atoms with E-state index >= 15 is 0 Å². The van der Waals surface area contributed by atoms with Gasteiger partial charge in [-0.3, -0.25) is 0 Å². The molecule has 0 spiro atoms.